The minimum Gasteiger partial charge on any atom is -0.307 e. The number of pyridine rings is 1. The highest BCUT2D eigenvalue weighted by atomic mass is 32.2. The standard InChI is InChI=1S/C15H16F2N4OS/c1-9(10-4-5-10)21-12(6-8-19-21)20-13(22)11-3-2-7-18-14(11)23-15(16)17/h2-3,6-10,15H,4-5H2,1H3,(H,20,22)/t9-/m0/s1. The molecule has 23 heavy (non-hydrogen) atoms. The summed E-state index contributed by atoms with van der Waals surface area (Å²) in [5.41, 5.74) is 0.129. The Morgan fingerprint density at radius 1 is 1.39 bits per heavy atom. The first kappa shape index (κ1) is 15.9. The van der Waals surface area contributed by atoms with Crippen molar-refractivity contribution in [2.75, 3.05) is 5.32 Å². The second-order valence-corrected chi connectivity index (χ2v) is 6.41. The fourth-order valence-corrected chi connectivity index (χ4v) is 3.02. The number of hydrogen-bond donors (Lipinski definition) is 1. The number of aromatic nitrogens is 3. The molecule has 0 aromatic carbocycles. The predicted molar refractivity (Wildman–Crippen MR) is 83.7 cm³/mol. The van der Waals surface area contributed by atoms with Gasteiger partial charge in [0, 0.05) is 12.3 Å². The molecule has 0 saturated heterocycles. The van der Waals surface area contributed by atoms with Crippen molar-refractivity contribution in [3.8, 4) is 0 Å². The largest absolute Gasteiger partial charge is 0.307 e. The second-order valence-electron chi connectivity index (χ2n) is 5.43. The number of carbonyl (C=O) groups excluding carboxylic acids is 1. The van der Waals surface area contributed by atoms with E-state index in [2.05, 4.69) is 22.3 Å². The van der Waals surface area contributed by atoms with Crippen LogP contribution in [0.25, 0.3) is 0 Å². The summed E-state index contributed by atoms with van der Waals surface area (Å²) in [6.07, 6.45) is 5.33. The van der Waals surface area contributed by atoms with Gasteiger partial charge in [-0.15, -0.1) is 0 Å². The van der Waals surface area contributed by atoms with Crippen molar-refractivity contribution in [3.05, 3.63) is 36.2 Å². The third-order valence-electron chi connectivity index (χ3n) is 3.82. The van der Waals surface area contributed by atoms with E-state index in [-0.39, 0.29) is 28.4 Å². The molecule has 2 aromatic heterocycles. The molecule has 0 unspecified atom stereocenters. The van der Waals surface area contributed by atoms with E-state index in [9.17, 15) is 13.6 Å². The van der Waals surface area contributed by atoms with E-state index >= 15 is 0 Å². The number of halogens is 2. The molecule has 5 nitrogen and oxygen atoms in total. The van der Waals surface area contributed by atoms with Crippen LogP contribution >= 0.6 is 11.8 Å². The Balaban J connectivity index is 1.79. The van der Waals surface area contributed by atoms with Gasteiger partial charge in [0.25, 0.3) is 11.7 Å². The minimum atomic E-state index is -2.63. The zero-order chi connectivity index (χ0) is 16.4. The van der Waals surface area contributed by atoms with Gasteiger partial charge in [0.1, 0.15) is 10.8 Å². The normalized spacial score (nSPS) is 15.7. The van der Waals surface area contributed by atoms with Gasteiger partial charge in [-0.3, -0.25) is 4.79 Å². The van der Waals surface area contributed by atoms with Crippen molar-refractivity contribution in [3.63, 3.8) is 0 Å². The Bertz CT molecular complexity index is 702. The molecule has 0 bridgehead atoms. The molecular formula is C15H16F2N4OS. The van der Waals surface area contributed by atoms with Gasteiger partial charge in [0.15, 0.2) is 0 Å². The van der Waals surface area contributed by atoms with Crippen molar-refractivity contribution in [1.82, 2.24) is 14.8 Å². The summed E-state index contributed by atoms with van der Waals surface area (Å²) in [7, 11) is 0. The molecular weight excluding hydrogens is 322 g/mol. The fourth-order valence-electron chi connectivity index (χ4n) is 2.44. The van der Waals surface area contributed by atoms with Crippen molar-refractivity contribution >= 4 is 23.5 Å². The molecule has 1 aliphatic rings. The van der Waals surface area contributed by atoms with Crippen LogP contribution in [0.3, 0.4) is 0 Å². The van der Waals surface area contributed by atoms with Crippen molar-refractivity contribution in [1.29, 1.82) is 0 Å². The molecule has 2 heterocycles. The van der Waals surface area contributed by atoms with E-state index in [0.29, 0.717) is 11.7 Å². The lowest BCUT2D eigenvalue weighted by Crippen LogP contribution is -2.19. The number of hydrogen-bond acceptors (Lipinski definition) is 4. The van der Waals surface area contributed by atoms with Crippen LogP contribution in [-0.4, -0.2) is 26.4 Å². The number of rotatable bonds is 6. The Morgan fingerprint density at radius 3 is 2.87 bits per heavy atom. The Labute approximate surface area is 136 Å². The van der Waals surface area contributed by atoms with Gasteiger partial charge in [0.2, 0.25) is 0 Å². The summed E-state index contributed by atoms with van der Waals surface area (Å²) in [4.78, 5) is 16.3. The molecule has 8 heteroatoms. The Hall–Kier alpha value is -1.96. The zero-order valence-corrected chi connectivity index (χ0v) is 13.3. The van der Waals surface area contributed by atoms with Gasteiger partial charge in [-0.2, -0.15) is 13.9 Å². The van der Waals surface area contributed by atoms with E-state index in [0.717, 1.165) is 12.8 Å². The molecule has 0 spiro atoms. The van der Waals surface area contributed by atoms with Crippen LogP contribution in [0, 0.1) is 5.92 Å². The van der Waals surface area contributed by atoms with Gasteiger partial charge in [-0.1, -0.05) is 0 Å². The SMILES string of the molecule is C[C@@H](C1CC1)n1nccc1NC(=O)c1cccnc1SC(F)F. The first-order valence-electron chi connectivity index (χ1n) is 7.31. The van der Waals surface area contributed by atoms with Crippen molar-refractivity contribution < 1.29 is 13.6 Å². The number of nitrogens with zero attached hydrogens (tertiary/aromatic N) is 3. The molecule has 1 N–H and O–H groups in total. The molecule has 1 fully saturated rings. The smallest absolute Gasteiger partial charge is 0.290 e. The third-order valence-corrected chi connectivity index (χ3v) is 4.55. The number of carbonyl (C=O) groups is 1. The summed E-state index contributed by atoms with van der Waals surface area (Å²) < 4.78 is 26.9. The van der Waals surface area contributed by atoms with Gasteiger partial charge >= 0.3 is 0 Å². The van der Waals surface area contributed by atoms with Crippen molar-refractivity contribution in [2.24, 2.45) is 5.92 Å². The quantitative estimate of drug-likeness (QED) is 0.814. The highest BCUT2D eigenvalue weighted by molar-refractivity contribution is 7.99. The Kier molecular flexibility index (Phi) is 4.61. The average molecular weight is 338 g/mol. The van der Waals surface area contributed by atoms with E-state index in [4.69, 9.17) is 0 Å². The maximum Gasteiger partial charge on any atom is 0.290 e. The lowest BCUT2D eigenvalue weighted by Gasteiger charge is -2.15. The van der Waals surface area contributed by atoms with Crippen LogP contribution in [0.2, 0.25) is 0 Å². The molecule has 2 aromatic rings. The molecule has 1 atom stereocenters. The predicted octanol–water partition coefficient (Wildman–Crippen LogP) is 3.82. The number of amides is 1. The van der Waals surface area contributed by atoms with Gasteiger partial charge < -0.3 is 5.32 Å². The molecule has 0 radical (unpaired) electrons. The molecule has 3 rings (SSSR count). The van der Waals surface area contributed by atoms with Crippen molar-refractivity contribution in [2.45, 2.75) is 36.6 Å². The van der Waals surface area contributed by atoms with Gasteiger partial charge in [0.05, 0.1) is 17.8 Å². The van der Waals surface area contributed by atoms with E-state index in [1.54, 1.807) is 23.0 Å². The third kappa shape index (κ3) is 3.69. The topological polar surface area (TPSA) is 59.8 Å². The highest BCUT2D eigenvalue weighted by Gasteiger charge is 2.31. The molecule has 1 amide bonds. The van der Waals surface area contributed by atoms with Crippen LogP contribution in [0.1, 0.15) is 36.2 Å². The molecule has 122 valence electrons. The molecule has 1 saturated carbocycles. The lowest BCUT2D eigenvalue weighted by atomic mass is 10.2. The number of anilines is 1. The van der Waals surface area contributed by atoms with Crippen LogP contribution < -0.4 is 5.32 Å². The molecule has 0 aliphatic heterocycles. The average Bonchev–Trinajstić information content (AvgIpc) is 3.26. The van der Waals surface area contributed by atoms with E-state index in [1.165, 1.54) is 12.3 Å². The second kappa shape index (κ2) is 6.66. The van der Waals surface area contributed by atoms with Gasteiger partial charge in [-0.05, 0) is 49.6 Å². The maximum absolute atomic E-state index is 12.6. The monoisotopic (exact) mass is 338 g/mol. The maximum atomic E-state index is 12.6. The lowest BCUT2D eigenvalue weighted by molar-refractivity contribution is 0.102. The van der Waals surface area contributed by atoms with Crippen LogP contribution in [0.4, 0.5) is 14.6 Å². The zero-order valence-electron chi connectivity index (χ0n) is 12.4. The highest BCUT2D eigenvalue weighted by Crippen LogP contribution is 2.40. The summed E-state index contributed by atoms with van der Waals surface area (Å²) in [5.74, 6) is -1.96. The van der Waals surface area contributed by atoms with Crippen LogP contribution in [-0.2, 0) is 0 Å². The summed E-state index contributed by atoms with van der Waals surface area (Å²) in [6, 6.07) is 4.93. The van der Waals surface area contributed by atoms with Gasteiger partial charge in [-0.25, -0.2) is 9.67 Å². The number of nitrogens with one attached hydrogen (secondary N) is 1. The van der Waals surface area contributed by atoms with E-state index < -0.39 is 11.7 Å². The minimum absolute atomic E-state index is 0.0151. The first-order chi connectivity index (χ1) is 11.1. The molecule has 1 aliphatic carbocycles. The summed E-state index contributed by atoms with van der Waals surface area (Å²) >= 11 is 0.264. The first-order valence-corrected chi connectivity index (χ1v) is 8.19. The number of thioether (sulfide) groups is 1. The van der Waals surface area contributed by atoms with Crippen LogP contribution in [0.15, 0.2) is 35.6 Å². The summed E-state index contributed by atoms with van der Waals surface area (Å²) in [5, 5.41) is 7.02. The van der Waals surface area contributed by atoms with Crippen LogP contribution in [0.5, 0.6) is 0 Å². The fraction of sp³-hybridized carbons (Fsp3) is 0.400. The number of alkyl halides is 2. The Morgan fingerprint density at radius 2 is 2.17 bits per heavy atom. The van der Waals surface area contributed by atoms with E-state index in [1.807, 2.05) is 0 Å². The summed E-state index contributed by atoms with van der Waals surface area (Å²) in [6.45, 7) is 2.06.